The molecule has 3 heterocycles. The quantitative estimate of drug-likeness (QED) is 0.233. The lowest BCUT2D eigenvalue weighted by molar-refractivity contribution is -0.267. The zero-order chi connectivity index (χ0) is 35.4. The van der Waals surface area contributed by atoms with Crippen molar-refractivity contribution in [1.82, 2.24) is 0 Å². The number of carbonyl (C=O) groups excluding carboxylic acids is 6. The molecule has 0 amide bonds. The summed E-state index contributed by atoms with van der Waals surface area (Å²) >= 11 is 0. The highest BCUT2D eigenvalue weighted by atomic mass is 16.7. The molecule has 262 valence electrons. The lowest BCUT2D eigenvalue weighted by Crippen LogP contribution is -2.82. The topological polar surface area (TPSA) is 174 Å². The molecule has 0 aromatic carbocycles. The van der Waals surface area contributed by atoms with Gasteiger partial charge in [0.25, 0.3) is 0 Å². The Morgan fingerprint density at radius 3 is 2.23 bits per heavy atom. The van der Waals surface area contributed by atoms with E-state index in [9.17, 15) is 24.0 Å². The average Bonchev–Trinajstić information content (AvgIpc) is 3.48. The summed E-state index contributed by atoms with van der Waals surface area (Å²) in [5, 5.41) is 0. The van der Waals surface area contributed by atoms with E-state index < -0.39 is 111 Å². The fraction of sp³-hybridized carbons (Fsp3) is 0.714. The van der Waals surface area contributed by atoms with Crippen LogP contribution in [0.1, 0.15) is 86.3 Å². The molecule has 11 atom stereocenters. The predicted molar refractivity (Wildman–Crippen MR) is 161 cm³/mol. The number of cyclic esters (lactones) is 1. The largest absolute Gasteiger partial charge is 0.472 e. The fourth-order valence-corrected chi connectivity index (χ4v) is 10.5. The van der Waals surface area contributed by atoms with E-state index in [1.807, 2.05) is 6.92 Å². The lowest BCUT2D eigenvalue weighted by atomic mass is 9.36. The van der Waals surface area contributed by atoms with E-state index >= 15 is 4.79 Å². The van der Waals surface area contributed by atoms with E-state index in [2.05, 4.69) is 0 Å². The number of epoxide rings is 1. The molecule has 13 nitrogen and oxygen atoms in total. The van der Waals surface area contributed by atoms with Gasteiger partial charge in [-0.2, -0.15) is 0 Å². The molecular formula is C35H44O13. The maximum absolute atomic E-state index is 15.4. The standard InChI is InChI=1S/C35H44O13/c1-16(2)26(39)46-29-31(5,6)24(23(27(40)42-9)44-17(3)36)33(8)20-10-12-32(7)21(14-22(38)45-25(32)19-11-13-43-15-19)34(20)30(48-34)35(29,28(33)41)47-18(4)37/h11,13,15-16,20-21,23-25,29-30H,10,12,14H2,1-9H3. The van der Waals surface area contributed by atoms with Crippen molar-refractivity contribution in [3.63, 3.8) is 0 Å². The highest BCUT2D eigenvalue weighted by molar-refractivity contribution is 6.01. The molecule has 0 N–H and O–H groups in total. The lowest BCUT2D eigenvalue weighted by Gasteiger charge is -2.67. The monoisotopic (exact) mass is 672 g/mol. The third-order valence-corrected chi connectivity index (χ3v) is 12.1. The molecule has 1 aromatic heterocycles. The van der Waals surface area contributed by atoms with Crippen molar-refractivity contribution in [3.05, 3.63) is 24.2 Å². The molecule has 5 aliphatic rings. The Hall–Kier alpha value is -3.74. The summed E-state index contributed by atoms with van der Waals surface area (Å²) in [6, 6.07) is 1.74. The minimum absolute atomic E-state index is 0.0623. The molecule has 2 bridgehead atoms. The highest BCUT2D eigenvalue weighted by Gasteiger charge is 2.93. The van der Waals surface area contributed by atoms with Crippen molar-refractivity contribution in [2.45, 2.75) is 110 Å². The van der Waals surface area contributed by atoms with E-state index in [-0.39, 0.29) is 6.42 Å². The highest BCUT2D eigenvalue weighted by Crippen LogP contribution is 2.79. The Bertz CT molecular complexity index is 1560. The number of fused-ring (bicyclic) bond motifs is 5. The summed E-state index contributed by atoms with van der Waals surface area (Å²) < 4.78 is 41.3. The summed E-state index contributed by atoms with van der Waals surface area (Å²) in [6.07, 6.45) is -1.07. The molecule has 2 saturated heterocycles. The molecule has 1 spiro atoms. The number of carbonyl (C=O) groups is 6. The number of esters is 5. The number of hydrogen-bond donors (Lipinski definition) is 0. The number of Topliss-reactive ketones (excluding diaryl/α,β-unsaturated/α-hetero) is 1. The number of furan rings is 1. The van der Waals surface area contributed by atoms with E-state index in [1.54, 1.807) is 40.7 Å². The summed E-state index contributed by atoms with van der Waals surface area (Å²) in [5.41, 5.74) is -6.43. The number of ether oxygens (including phenoxy) is 6. The van der Waals surface area contributed by atoms with Crippen LogP contribution in [-0.4, -0.2) is 72.3 Å². The number of ketones is 1. The zero-order valence-corrected chi connectivity index (χ0v) is 28.8. The van der Waals surface area contributed by atoms with Crippen LogP contribution in [0.25, 0.3) is 0 Å². The smallest absolute Gasteiger partial charge is 0.347 e. The van der Waals surface area contributed by atoms with Crippen LogP contribution in [0.15, 0.2) is 23.0 Å². The summed E-state index contributed by atoms with van der Waals surface area (Å²) in [6.45, 7) is 12.6. The van der Waals surface area contributed by atoms with Crippen molar-refractivity contribution in [2.24, 2.45) is 39.9 Å². The van der Waals surface area contributed by atoms with Crippen molar-refractivity contribution >= 4 is 35.6 Å². The van der Waals surface area contributed by atoms with Crippen LogP contribution < -0.4 is 0 Å². The van der Waals surface area contributed by atoms with E-state index in [4.69, 9.17) is 32.8 Å². The van der Waals surface area contributed by atoms with Gasteiger partial charge in [0, 0.05) is 53.4 Å². The fourth-order valence-electron chi connectivity index (χ4n) is 10.5. The Morgan fingerprint density at radius 1 is 0.979 bits per heavy atom. The third kappa shape index (κ3) is 4.31. The second kappa shape index (κ2) is 10.9. The number of rotatable bonds is 7. The van der Waals surface area contributed by atoms with E-state index in [0.29, 0.717) is 18.4 Å². The number of methoxy groups -OCH3 is 1. The molecule has 5 fully saturated rings. The third-order valence-electron chi connectivity index (χ3n) is 12.1. The molecule has 2 aliphatic heterocycles. The second-order valence-corrected chi connectivity index (χ2v) is 15.5. The first-order valence-corrected chi connectivity index (χ1v) is 16.4. The van der Waals surface area contributed by atoms with E-state index in [1.165, 1.54) is 12.5 Å². The maximum atomic E-state index is 15.4. The Labute approximate surface area is 278 Å². The van der Waals surface area contributed by atoms with Gasteiger partial charge in [-0.25, -0.2) is 4.79 Å². The molecule has 3 aliphatic carbocycles. The normalized spacial score (nSPS) is 41.0. The van der Waals surface area contributed by atoms with Crippen LogP contribution in [0.3, 0.4) is 0 Å². The first-order chi connectivity index (χ1) is 22.3. The van der Waals surface area contributed by atoms with Gasteiger partial charge in [0.05, 0.1) is 32.0 Å². The minimum atomic E-state index is -2.16. The van der Waals surface area contributed by atoms with Crippen LogP contribution in [0.4, 0.5) is 0 Å². The Kier molecular flexibility index (Phi) is 7.74. The molecule has 3 saturated carbocycles. The Morgan fingerprint density at radius 2 is 1.67 bits per heavy atom. The minimum Gasteiger partial charge on any atom is -0.472 e. The maximum Gasteiger partial charge on any atom is 0.347 e. The number of hydrogen-bond acceptors (Lipinski definition) is 13. The van der Waals surface area contributed by atoms with Gasteiger partial charge in [0.1, 0.15) is 17.8 Å². The van der Waals surface area contributed by atoms with Crippen LogP contribution >= 0.6 is 0 Å². The zero-order valence-electron chi connectivity index (χ0n) is 28.8. The molecule has 1 aromatic rings. The molecule has 13 heteroatoms. The Balaban J connectivity index is 1.63. The van der Waals surface area contributed by atoms with Crippen LogP contribution in [0.5, 0.6) is 0 Å². The van der Waals surface area contributed by atoms with Crippen molar-refractivity contribution < 1.29 is 61.6 Å². The molecule has 48 heavy (non-hydrogen) atoms. The molecular weight excluding hydrogens is 628 g/mol. The van der Waals surface area contributed by atoms with Crippen LogP contribution in [0.2, 0.25) is 0 Å². The van der Waals surface area contributed by atoms with Gasteiger partial charge in [-0.15, -0.1) is 0 Å². The summed E-state index contributed by atoms with van der Waals surface area (Å²) in [5.74, 6) is -7.26. The van der Waals surface area contributed by atoms with Gasteiger partial charge in [-0.05, 0) is 18.9 Å². The first-order valence-electron chi connectivity index (χ1n) is 16.4. The van der Waals surface area contributed by atoms with Gasteiger partial charge >= 0.3 is 29.8 Å². The van der Waals surface area contributed by atoms with Crippen LogP contribution in [0, 0.1) is 39.9 Å². The van der Waals surface area contributed by atoms with E-state index in [0.717, 1.165) is 21.0 Å². The van der Waals surface area contributed by atoms with Gasteiger partial charge in [0.15, 0.2) is 11.9 Å². The summed E-state index contributed by atoms with van der Waals surface area (Å²) in [7, 11) is 1.15. The van der Waals surface area contributed by atoms with Crippen LogP contribution in [-0.2, 0) is 57.2 Å². The van der Waals surface area contributed by atoms with Gasteiger partial charge in [0.2, 0.25) is 11.7 Å². The van der Waals surface area contributed by atoms with Crippen molar-refractivity contribution in [3.8, 4) is 0 Å². The van der Waals surface area contributed by atoms with Gasteiger partial charge in [-0.3, -0.25) is 24.0 Å². The molecule has 11 unspecified atom stereocenters. The van der Waals surface area contributed by atoms with Gasteiger partial charge in [-0.1, -0.05) is 41.5 Å². The second-order valence-electron chi connectivity index (χ2n) is 15.5. The molecule has 6 rings (SSSR count). The SMILES string of the molecule is COC(=O)C(OC(C)=O)C1C(C)(C)C(OC(=O)C(C)C)C2(OC(C)=O)C(=O)C1(C)C1CCC3(C)C(c4ccoc4)OC(=O)CC3C13OC23. The van der Waals surface area contributed by atoms with Crippen molar-refractivity contribution in [1.29, 1.82) is 0 Å². The van der Waals surface area contributed by atoms with Crippen molar-refractivity contribution in [2.75, 3.05) is 7.11 Å². The average molecular weight is 673 g/mol. The van der Waals surface area contributed by atoms with Gasteiger partial charge < -0.3 is 32.8 Å². The predicted octanol–water partition coefficient (Wildman–Crippen LogP) is 3.66. The summed E-state index contributed by atoms with van der Waals surface area (Å²) in [4.78, 5) is 81.5. The molecule has 0 radical (unpaired) electrons. The first kappa shape index (κ1) is 34.1.